The maximum absolute atomic E-state index is 14.4. The van der Waals surface area contributed by atoms with Gasteiger partial charge in [0.15, 0.2) is 0 Å². The number of nitrogens with zero attached hydrogens (tertiary/aromatic N) is 2. The number of hydrogen-bond acceptors (Lipinski definition) is 6. The van der Waals surface area contributed by atoms with Crippen molar-refractivity contribution in [3.8, 4) is 5.75 Å². The normalized spacial score (nSPS) is 18.6. The average Bonchev–Trinajstić information content (AvgIpc) is 3.50. The molecule has 0 bridgehead atoms. The van der Waals surface area contributed by atoms with E-state index in [0.717, 1.165) is 45.3 Å². The number of hydrogen-bond donors (Lipinski definition) is 2. The minimum Gasteiger partial charge on any atom is -0.493 e. The number of aliphatic hydroxyl groups excluding tert-OH is 1. The average molecular weight is 408 g/mol. The molecule has 0 unspecified atom stereocenters. The molecule has 2 aliphatic rings. The van der Waals surface area contributed by atoms with Crippen LogP contribution < -0.4 is 10.3 Å². The summed E-state index contributed by atoms with van der Waals surface area (Å²) in [6, 6.07) is 2.94. The molecule has 0 amide bonds. The number of nitrogens with one attached hydrogen (secondary N) is 1. The van der Waals surface area contributed by atoms with Crippen molar-refractivity contribution >= 4 is 22.7 Å². The van der Waals surface area contributed by atoms with E-state index < -0.39 is 11.4 Å². The van der Waals surface area contributed by atoms with Crippen molar-refractivity contribution in [3.63, 3.8) is 0 Å². The van der Waals surface area contributed by atoms with Crippen LogP contribution in [0, 0.1) is 11.7 Å². The van der Waals surface area contributed by atoms with Gasteiger partial charge in [-0.15, -0.1) is 0 Å². The topological polar surface area (TPSA) is 78.5 Å². The predicted octanol–water partition coefficient (Wildman–Crippen LogP) is 2.54. The van der Waals surface area contributed by atoms with Crippen molar-refractivity contribution < 1.29 is 14.2 Å². The molecular weight excluding hydrogens is 381 g/mol. The second-order valence-corrected chi connectivity index (χ2v) is 8.93. The minimum atomic E-state index is -0.590. The SMILES string of the molecule is O=c1[nH]c(CSC2CCN(CCO)CC2)nc2cc(OCC3CC3)cc(F)c12. The zero-order valence-corrected chi connectivity index (χ0v) is 16.6. The number of H-pyrrole nitrogens is 1. The second kappa shape index (κ2) is 8.80. The van der Waals surface area contributed by atoms with Gasteiger partial charge in [-0.3, -0.25) is 4.79 Å². The molecule has 1 aliphatic heterocycles. The number of aliphatic hydroxyl groups is 1. The van der Waals surface area contributed by atoms with Crippen LogP contribution in [0.3, 0.4) is 0 Å². The summed E-state index contributed by atoms with van der Waals surface area (Å²) >= 11 is 1.77. The summed E-state index contributed by atoms with van der Waals surface area (Å²) in [6.07, 6.45) is 4.43. The lowest BCUT2D eigenvalue weighted by molar-refractivity contribution is 0.175. The number of fused-ring (bicyclic) bond motifs is 1. The van der Waals surface area contributed by atoms with E-state index in [-0.39, 0.29) is 12.0 Å². The number of benzene rings is 1. The molecule has 2 fully saturated rings. The van der Waals surface area contributed by atoms with Gasteiger partial charge < -0.3 is 19.7 Å². The van der Waals surface area contributed by atoms with Crippen molar-refractivity contribution in [2.75, 3.05) is 32.8 Å². The van der Waals surface area contributed by atoms with E-state index >= 15 is 0 Å². The molecule has 0 radical (unpaired) electrons. The quantitative estimate of drug-likeness (QED) is 0.700. The van der Waals surface area contributed by atoms with E-state index in [4.69, 9.17) is 9.84 Å². The first-order valence-electron chi connectivity index (χ1n) is 9.92. The zero-order chi connectivity index (χ0) is 19.5. The fourth-order valence-electron chi connectivity index (χ4n) is 3.54. The van der Waals surface area contributed by atoms with Crippen LogP contribution >= 0.6 is 11.8 Å². The molecule has 0 spiro atoms. The molecule has 152 valence electrons. The number of β-amino-alcohol motifs (C(OH)–C–C–N with tert-alkyl or cyclic N) is 1. The number of piperidine rings is 1. The molecule has 0 atom stereocenters. The smallest absolute Gasteiger partial charge is 0.261 e. The third-order valence-corrected chi connectivity index (χ3v) is 6.76. The lowest BCUT2D eigenvalue weighted by Gasteiger charge is -2.30. The van der Waals surface area contributed by atoms with Crippen molar-refractivity contribution in [1.82, 2.24) is 14.9 Å². The molecule has 1 aromatic heterocycles. The van der Waals surface area contributed by atoms with E-state index in [1.54, 1.807) is 17.8 Å². The fourth-order valence-corrected chi connectivity index (χ4v) is 4.61. The molecule has 1 aliphatic carbocycles. The summed E-state index contributed by atoms with van der Waals surface area (Å²) < 4.78 is 20.1. The summed E-state index contributed by atoms with van der Waals surface area (Å²) in [5, 5.41) is 9.52. The van der Waals surface area contributed by atoms with Crippen LogP contribution in [0.4, 0.5) is 4.39 Å². The van der Waals surface area contributed by atoms with Crippen LogP contribution in [0.25, 0.3) is 10.9 Å². The van der Waals surface area contributed by atoms with E-state index in [1.807, 2.05) is 0 Å². The Morgan fingerprint density at radius 3 is 2.79 bits per heavy atom. The Morgan fingerprint density at radius 2 is 2.07 bits per heavy atom. The first-order chi connectivity index (χ1) is 13.6. The Bertz CT molecular complexity index is 879. The number of ether oxygens (including phenoxy) is 1. The van der Waals surface area contributed by atoms with Crippen molar-refractivity contribution in [2.45, 2.75) is 36.7 Å². The molecule has 1 saturated heterocycles. The van der Waals surface area contributed by atoms with Gasteiger partial charge in [0.25, 0.3) is 5.56 Å². The molecule has 28 heavy (non-hydrogen) atoms. The molecule has 1 aromatic carbocycles. The summed E-state index contributed by atoms with van der Waals surface area (Å²) in [5.74, 6) is 1.57. The fraction of sp³-hybridized carbons (Fsp3) is 0.600. The first kappa shape index (κ1) is 19.7. The summed E-state index contributed by atoms with van der Waals surface area (Å²) in [4.78, 5) is 21.8. The highest BCUT2D eigenvalue weighted by atomic mass is 32.2. The number of halogens is 1. The summed E-state index contributed by atoms with van der Waals surface area (Å²) in [6.45, 7) is 3.47. The molecule has 2 heterocycles. The molecular formula is C20H26FN3O3S. The molecule has 1 saturated carbocycles. The molecule has 4 rings (SSSR count). The molecule has 8 heteroatoms. The highest BCUT2D eigenvalue weighted by molar-refractivity contribution is 7.99. The minimum absolute atomic E-state index is 0.00941. The standard InChI is InChI=1S/C20H26FN3O3S/c21-16-9-14(27-11-13-1-2-13)10-17-19(16)20(26)23-18(22-17)12-28-15-3-5-24(6-4-15)7-8-25/h9-10,13,15,25H,1-8,11-12H2,(H,22,23,26). The number of aromatic nitrogens is 2. The van der Waals surface area contributed by atoms with Gasteiger partial charge in [-0.25, -0.2) is 9.37 Å². The highest BCUT2D eigenvalue weighted by Gasteiger charge is 2.23. The van der Waals surface area contributed by atoms with Crippen molar-refractivity contribution in [3.05, 3.63) is 34.1 Å². The Morgan fingerprint density at radius 1 is 1.29 bits per heavy atom. The Hall–Kier alpha value is -1.64. The number of likely N-dealkylation sites (tertiary alicyclic amines) is 1. The lowest BCUT2D eigenvalue weighted by Crippen LogP contribution is -2.36. The number of thioether (sulfide) groups is 1. The van der Waals surface area contributed by atoms with E-state index in [9.17, 15) is 9.18 Å². The molecule has 6 nitrogen and oxygen atoms in total. The largest absolute Gasteiger partial charge is 0.493 e. The maximum Gasteiger partial charge on any atom is 0.261 e. The Kier molecular flexibility index (Phi) is 6.18. The molecule has 2 aromatic rings. The van der Waals surface area contributed by atoms with Gasteiger partial charge in [0.05, 0.1) is 24.5 Å². The Balaban J connectivity index is 1.43. The Labute approximate surface area is 167 Å². The van der Waals surface area contributed by atoms with E-state index in [2.05, 4.69) is 14.9 Å². The first-order valence-corrected chi connectivity index (χ1v) is 11.0. The lowest BCUT2D eigenvalue weighted by atomic mass is 10.1. The van der Waals surface area contributed by atoms with Crippen LogP contribution in [0.5, 0.6) is 5.75 Å². The third kappa shape index (κ3) is 4.85. The van der Waals surface area contributed by atoms with Crippen LogP contribution in [0.15, 0.2) is 16.9 Å². The van der Waals surface area contributed by atoms with Gasteiger partial charge in [0.2, 0.25) is 0 Å². The van der Waals surface area contributed by atoms with Crippen molar-refractivity contribution in [2.24, 2.45) is 5.92 Å². The van der Waals surface area contributed by atoms with Gasteiger partial charge >= 0.3 is 0 Å². The second-order valence-electron chi connectivity index (χ2n) is 7.64. The van der Waals surface area contributed by atoms with E-state index in [0.29, 0.717) is 40.6 Å². The number of rotatable bonds is 8. The van der Waals surface area contributed by atoms with Gasteiger partial charge in [0.1, 0.15) is 22.8 Å². The maximum atomic E-state index is 14.4. The monoisotopic (exact) mass is 407 g/mol. The van der Waals surface area contributed by atoms with Gasteiger partial charge in [-0.1, -0.05) is 0 Å². The summed E-state index contributed by atoms with van der Waals surface area (Å²) in [7, 11) is 0. The highest BCUT2D eigenvalue weighted by Crippen LogP contribution is 2.30. The van der Waals surface area contributed by atoms with Crippen LogP contribution in [0.2, 0.25) is 0 Å². The van der Waals surface area contributed by atoms with Crippen LogP contribution in [-0.4, -0.2) is 58.1 Å². The van der Waals surface area contributed by atoms with E-state index in [1.165, 1.54) is 6.07 Å². The van der Waals surface area contributed by atoms with Crippen LogP contribution in [0.1, 0.15) is 31.5 Å². The number of aromatic amines is 1. The van der Waals surface area contributed by atoms with Gasteiger partial charge in [0, 0.05) is 23.9 Å². The van der Waals surface area contributed by atoms with Crippen LogP contribution in [-0.2, 0) is 5.75 Å². The zero-order valence-electron chi connectivity index (χ0n) is 15.8. The van der Waals surface area contributed by atoms with Crippen molar-refractivity contribution in [1.29, 1.82) is 0 Å². The summed E-state index contributed by atoms with van der Waals surface area (Å²) in [5.41, 5.74) is -0.0903. The van der Waals surface area contributed by atoms with Gasteiger partial charge in [-0.05, 0) is 44.7 Å². The third-order valence-electron chi connectivity index (χ3n) is 5.37. The van der Waals surface area contributed by atoms with Gasteiger partial charge in [-0.2, -0.15) is 11.8 Å². The molecule has 2 N–H and O–H groups in total. The predicted molar refractivity (Wildman–Crippen MR) is 108 cm³/mol.